The van der Waals surface area contributed by atoms with Crippen LogP contribution in [0.15, 0.2) is 16.3 Å². The summed E-state index contributed by atoms with van der Waals surface area (Å²) in [6, 6.07) is 1.39. The molecule has 0 atom stereocenters. The van der Waals surface area contributed by atoms with Gasteiger partial charge in [0.25, 0.3) is 0 Å². The molecule has 0 aliphatic heterocycles. The molecule has 0 aromatic carbocycles. The van der Waals surface area contributed by atoms with Gasteiger partial charge in [-0.2, -0.15) is 4.31 Å². The standard InChI is InChI=1S/C9H15NO5S3/c1-10(3-4-17(2,12)13)18(14,15)9-5-8(6-11)16-7-9/h5,7,11H,3-4,6H2,1-2H3. The molecule has 0 aliphatic carbocycles. The molecule has 0 radical (unpaired) electrons. The van der Waals surface area contributed by atoms with Crippen LogP contribution < -0.4 is 0 Å². The maximum atomic E-state index is 12.0. The number of hydrogen-bond acceptors (Lipinski definition) is 6. The van der Waals surface area contributed by atoms with Crippen molar-refractivity contribution in [3.05, 3.63) is 16.3 Å². The topological polar surface area (TPSA) is 91.8 Å². The lowest BCUT2D eigenvalue weighted by Crippen LogP contribution is -2.31. The van der Waals surface area contributed by atoms with Crippen LogP contribution in [-0.2, 0) is 26.5 Å². The van der Waals surface area contributed by atoms with Crippen molar-refractivity contribution in [3.63, 3.8) is 0 Å². The van der Waals surface area contributed by atoms with E-state index >= 15 is 0 Å². The van der Waals surface area contributed by atoms with Crippen LogP contribution in [0.4, 0.5) is 0 Å². The highest BCUT2D eigenvalue weighted by molar-refractivity contribution is 7.91. The minimum atomic E-state index is -3.68. The zero-order valence-electron chi connectivity index (χ0n) is 10.0. The minimum absolute atomic E-state index is 0.0764. The molecule has 0 fully saturated rings. The Hall–Kier alpha value is -0.480. The van der Waals surface area contributed by atoms with Crippen LogP contribution in [0.5, 0.6) is 0 Å². The molecule has 1 rings (SSSR count). The van der Waals surface area contributed by atoms with Crippen LogP contribution in [0.25, 0.3) is 0 Å². The van der Waals surface area contributed by atoms with Crippen molar-refractivity contribution >= 4 is 31.2 Å². The molecule has 0 saturated heterocycles. The third-order valence-corrected chi connectivity index (χ3v) is 6.10. The lowest BCUT2D eigenvalue weighted by atomic mass is 10.5. The molecule has 6 nitrogen and oxygen atoms in total. The zero-order chi connectivity index (χ0) is 14.0. The first kappa shape index (κ1) is 15.6. The largest absolute Gasteiger partial charge is 0.391 e. The average molecular weight is 313 g/mol. The Morgan fingerprint density at radius 2 is 1.94 bits per heavy atom. The van der Waals surface area contributed by atoms with E-state index < -0.39 is 19.9 Å². The summed E-state index contributed by atoms with van der Waals surface area (Å²) in [4.78, 5) is 0.623. The number of rotatable bonds is 6. The Morgan fingerprint density at radius 3 is 2.39 bits per heavy atom. The SMILES string of the molecule is CN(CCS(C)(=O)=O)S(=O)(=O)c1csc(CO)c1. The van der Waals surface area contributed by atoms with Gasteiger partial charge in [0.1, 0.15) is 9.84 Å². The van der Waals surface area contributed by atoms with Crippen LogP contribution in [0.1, 0.15) is 4.88 Å². The predicted octanol–water partition coefficient (Wildman–Crippen LogP) is -0.0945. The van der Waals surface area contributed by atoms with Gasteiger partial charge in [-0.15, -0.1) is 11.3 Å². The van der Waals surface area contributed by atoms with E-state index in [4.69, 9.17) is 5.11 Å². The Labute approximate surface area is 111 Å². The van der Waals surface area contributed by atoms with Crippen molar-refractivity contribution in [1.82, 2.24) is 4.31 Å². The smallest absolute Gasteiger partial charge is 0.243 e. The molecule has 9 heteroatoms. The van der Waals surface area contributed by atoms with Gasteiger partial charge in [0.2, 0.25) is 10.0 Å². The zero-order valence-corrected chi connectivity index (χ0v) is 12.5. The fourth-order valence-corrected chi connectivity index (χ4v) is 4.19. The normalized spacial score (nSPS) is 13.1. The van der Waals surface area contributed by atoms with Gasteiger partial charge in [-0.25, -0.2) is 16.8 Å². The van der Waals surface area contributed by atoms with Gasteiger partial charge < -0.3 is 5.11 Å². The highest BCUT2D eigenvalue weighted by Crippen LogP contribution is 2.21. The van der Waals surface area contributed by atoms with Crippen LogP contribution in [0.2, 0.25) is 0 Å². The second kappa shape index (κ2) is 5.66. The molecule has 0 saturated carbocycles. The van der Waals surface area contributed by atoms with Crippen molar-refractivity contribution in [1.29, 1.82) is 0 Å². The highest BCUT2D eigenvalue weighted by atomic mass is 32.2. The molecule has 1 heterocycles. The average Bonchev–Trinajstić information content (AvgIpc) is 2.73. The molecule has 1 aromatic rings. The van der Waals surface area contributed by atoms with E-state index in [-0.39, 0.29) is 23.8 Å². The van der Waals surface area contributed by atoms with Gasteiger partial charge in [0.05, 0.1) is 17.3 Å². The second-order valence-corrected chi connectivity index (χ2v) is 9.16. The van der Waals surface area contributed by atoms with Crippen LogP contribution in [-0.4, -0.2) is 51.8 Å². The Kier molecular flexibility index (Phi) is 4.90. The number of aliphatic hydroxyl groups is 1. The first-order valence-electron chi connectivity index (χ1n) is 4.99. The van der Waals surface area contributed by atoms with E-state index in [0.717, 1.165) is 21.9 Å². The summed E-state index contributed by atoms with van der Waals surface area (Å²) in [5, 5.41) is 10.3. The van der Waals surface area contributed by atoms with Crippen molar-refractivity contribution in [2.75, 3.05) is 25.6 Å². The maximum Gasteiger partial charge on any atom is 0.243 e. The Bertz CT molecular complexity index is 602. The summed E-state index contributed by atoms with van der Waals surface area (Å²) in [5.74, 6) is -0.222. The molecule has 0 aliphatic rings. The summed E-state index contributed by atoms with van der Waals surface area (Å²) in [5.41, 5.74) is 0. The summed E-state index contributed by atoms with van der Waals surface area (Å²) < 4.78 is 47.1. The summed E-state index contributed by atoms with van der Waals surface area (Å²) in [6.45, 7) is -0.307. The van der Waals surface area contributed by atoms with Gasteiger partial charge in [-0.05, 0) is 6.07 Å². The third-order valence-electron chi connectivity index (χ3n) is 2.27. The van der Waals surface area contributed by atoms with E-state index in [1.165, 1.54) is 18.5 Å². The van der Waals surface area contributed by atoms with Crippen molar-refractivity contribution < 1.29 is 21.9 Å². The molecule has 0 unspecified atom stereocenters. The number of sulfone groups is 1. The molecule has 104 valence electrons. The first-order chi connectivity index (χ1) is 8.16. The van der Waals surface area contributed by atoms with Gasteiger partial charge >= 0.3 is 0 Å². The fraction of sp³-hybridized carbons (Fsp3) is 0.556. The van der Waals surface area contributed by atoms with Crippen LogP contribution >= 0.6 is 11.3 Å². The quantitative estimate of drug-likeness (QED) is 0.792. The van der Waals surface area contributed by atoms with Crippen molar-refractivity contribution in [2.24, 2.45) is 0 Å². The molecule has 0 amide bonds. The Balaban J connectivity index is 2.86. The van der Waals surface area contributed by atoms with Crippen molar-refractivity contribution in [2.45, 2.75) is 11.5 Å². The summed E-state index contributed by atoms with van der Waals surface area (Å²) >= 11 is 1.14. The number of aliphatic hydroxyl groups excluding tert-OH is 1. The molecule has 1 N–H and O–H groups in total. The second-order valence-electron chi connectivity index (χ2n) is 3.86. The number of hydrogen-bond donors (Lipinski definition) is 1. The third kappa shape index (κ3) is 4.02. The lowest BCUT2D eigenvalue weighted by molar-refractivity contribution is 0.285. The van der Waals surface area contributed by atoms with E-state index in [1.807, 2.05) is 0 Å². The maximum absolute atomic E-state index is 12.0. The number of sulfonamides is 1. The van der Waals surface area contributed by atoms with Crippen LogP contribution in [0.3, 0.4) is 0 Å². The summed E-state index contributed by atoms with van der Waals surface area (Å²) in [7, 11) is -5.56. The van der Waals surface area contributed by atoms with Gasteiger partial charge in [0, 0.05) is 30.1 Å². The van der Waals surface area contributed by atoms with Gasteiger partial charge in [-0.1, -0.05) is 0 Å². The minimum Gasteiger partial charge on any atom is -0.391 e. The lowest BCUT2D eigenvalue weighted by Gasteiger charge is -2.15. The van der Waals surface area contributed by atoms with E-state index in [1.54, 1.807) is 0 Å². The molecule has 18 heavy (non-hydrogen) atoms. The van der Waals surface area contributed by atoms with Gasteiger partial charge in [-0.3, -0.25) is 0 Å². The molecular formula is C9H15NO5S3. The van der Waals surface area contributed by atoms with E-state index in [9.17, 15) is 16.8 Å². The van der Waals surface area contributed by atoms with E-state index in [2.05, 4.69) is 0 Å². The van der Waals surface area contributed by atoms with Crippen molar-refractivity contribution in [3.8, 4) is 0 Å². The summed E-state index contributed by atoms with van der Waals surface area (Å²) in [6.07, 6.45) is 1.06. The number of nitrogens with zero attached hydrogens (tertiary/aromatic N) is 1. The van der Waals surface area contributed by atoms with Crippen LogP contribution in [0, 0.1) is 0 Å². The molecule has 0 bridgehead atoms. The number of thiophene rings is 1. The Morgan fingerprint density at radius 1 is 1.33 bits per heavy atom. The molecule has 0 spiro atoms. The highest BCUT2D eigenvalue weighted by Gasteiger charge is 2.22. The molecule has 1 aromatic heterocycles. The van der Waals surface area contributed by atoms with E-state index in [0.29, 0.717) is 4.88 Å². The molecular weight excluding hydrogens is 298 g/mol. The predicted molar refractivity (Wildman–Crippen MR) is 69.8 cm³/mol. The van der Waals surface area contributed by atoms with Gasteiger partial charge in [0.15, 0.2) is 0 Å². The fourth-order valence-electron chi connectivity index (χ4n) is 1.17. The first-order valence-corrected chi connectivity index (χ1v) is 9.37. The monoisotopic (exact) mass is 313 g/mol.